The second kappa shape index (κ2) is 4.67. The molecule has 0 aromatic heterocycles. The van der Waals surface area contributed by atoms with Crippen molar-refractivity contribution in [1.29, 1.82) is 0 Å². The minimum Gasteiger partial charge on any atom is -0.496 e. The monoisotopic (exact) mass is 235 g/mol. The zero-order valence-corrected chi connectivity index (χ0v) is 10.8. The quantitative estimate of drug-likeness (QED) is 0.818. The fraction of sp³-hybridized carbons (Fsp3) is 0.571. The Morgan fingerprint density at radius 3 is 2.65 bits per heavy atom. The third kappa shape index (κ3) is 2.31. The lowest BCUT2D eigenvalue weighted by Gasteiger charge is -2.29. The Morgan fingerprint density at radius 1 is 1.47 bits per heavy atom. The normalized spacial score (nSPS) is 18.8. The van der Waals surface area contributed by atoms with Crippen LogP contribution in [-0.4, -0.2) is 25.8 Å². The van der Waals surface area contributed by atoms with Crippen LogP contribution in [0.3, 0.4) is 0 Å². The number of hydrogen-bond donors (Lipinski definition) is 2. The van der Waals surface area contributed by atoms with Gasteiger partial charge >= 0.3 is 0 Å². The molecule has 1 unspecified atom stereocenters. The van der Waals surface area contributed by atoms with Gasteiger partial charge in [0.05, 0.1) is 7.11 Å². The third-order valence-electron chi connectivity index (χ3n) is 3.59. The summed E-state index contributed by atoms with van der Waals surface area (Å²) in [5.74, 6) is 1.26. The maximum atomic E-state index is 10.8. The number of methoxy groups -OCH3 is 1. The molecule has 0 saturated heterocycles. The van der Waals surface area contributed by atoms with Crippen LogP contribution < -0.4 is 10.1 Å². The predicted octanol–water partition coefficient (Wildman–Crippen LogP) is 1.82. The number of hydrogen-bond acceptors (Lipinski definition) is 3. The van der Waals surface area contributed by atoms with Crippen molar-refractivity contribution < 1.29 is 9.84 Å². The van der Waals surface area contributed by atoms with Crippen LogP contribution in [0.2, 0.25) is 0 Å². The highest BCUT2D eigenvalue weighted by Gasteiger charge is 2.44. The van der Waals surface area contributed by atoms with Crippen LogP contribution in [-0.2, 0) is 5.60 Å². The summed E-state index contributed by atoms with van der Waals surface area (Å²) in [4.78, 5) is 0. The van der Waals surface area contributed by atoms with Gasteiger partial charge in [0.2, 0.25) is 0 Å². The zero-order valence-electron chi connectivity index (χ0n) is 10.8. The Bertz CT molecular complexity index is 401. The summed E-state index contributed by atoms with van der Waals surface area (Å²) in [5, 5.41) is 13.9. The molecule has 3 nitrogen and oxygen atoms in total. The Hall–Kier alpha value is -1.06. The molecule has 0 heterocycles. The summed E-state index contributed by atoms with van der Waals surface area (Å²) in [6, 6.07) is 5.95. The topological polar surface area (TPSA) is 41.5 Å². The van der Waals surface area contributed by atoms with Crippen molar-refractivity contribution in [3.05, 3.63) is 29.3 Å². The minimum atomic E-state index is -0.730. The number of aryl methyl sites for hydroxylation is 1. The van der Waals surface area contributed by atoms with E-state index in [-0.39, 0.29) is 0 Å². The Morgan fingerprint density at radius 2 is 2.18 bits per heavy atom. The number of benzene rings is 1. The van der Waals surface area contributed by atoms with Crippen LogP contribution in [0.15, 0.2) is 18.2 Å². The molecule has 1 atom stereocenters. The van der Waals surface area contributed by atoms with Crippen molar-refractivity contribution in [3.8, 4) is 5.75 Å². The van der Waals surface area contributed by atoms with Gasteiger partial charge in [0.1, 0.15) is 11.4 Å². The second-order valence-corrected chi connectivity index (χ2v) is 4.91. The van der Waals surface area contributed by atoms with E-state index in [4.69, 9.17) is 4.74 Å². The molecule has 1 aromatic rings. The first-order valence-corrected chi connectivity index (χ1v) is 6.14. The van der Waals surface area contributed by atoms with E-state index in [1.54, 1.807) is 7.11 Å². The van der Waals surface area contributed by atoms with Crippen LogP contribution >= 0.6 is 0 Å². The fourth-order valence-corrected chi connectivity index (χ4v) is 2.46. The zero-order chi connectivity index (χ0) is 12.5. The van der Waals surface area contributed by atoms with Crippen molar-refractivity contribution in [3.63, 3.8) is 0 Å². The van der Waals surface area contributed by atoms with Crippen LogP contribution in [0.25, 0.3) is 0 Å². The first kappa shape index (κ1) is 12.4. The molecule has 0 bridgehead atoms. The van der Waals surface area contributed by atoms with Crippen molar-refractivity contribution in [2.45, 2.75) is 25.4 Å². The van der Waals surface area contributed by atoms with Gasteiger partial charge in [-0.25, -0.2) is 0 Å². The van der Waals surface area contributed by atoms with Gasteiger partial charge in [0.25, 0.3) is 0 Å². The average Bonchev–Trinajstić information content (AvgIpc) is 3.13. The van der Waals surface area contributed by atoms with E-state index in [0.29, 0.717) is 12.5 Å². The summed E-state index contributed by atoms with van der Waals surface area (Å²) in [6.07, 6.45) is 2.23. The van der Waals surface area contributed by atoms with E-state index in [0.717, 1.165) is 29.7 Å². The van der Waals surface area contributed by atoms with Gasteiger partial charge in [-0.05, 0) is 56.0 Å². The predicted molar refractivity (Wildman–Crippen MR) is 68.3 cm³/mol. The molecule has 1 aliphatic rings. The molecule has 1 aromatic carbocycles. The van der Waals surface area contributed by atoms with Crippen LogP contribution in [0, 0.1) is 12.8 Å². The molecule has 1 aliphatic carbocycles. The van der Waals surface area contributed by atoms with Crippen molar-refractivity contribution >= 4 is 0 Å². The third-order valence-corrected chi connectivity index (χ3v) is 3.59. The maximum Gasteiger partial charge on any atom is 0.121 e. The van der Waals surface area contributed by atoms with Crippen LogP contribution in [0.5, 0.6) is 5.75 Å². The van der Waals surface area contributed by atoms with Gasteiger partial charge in [-0.3, -0.25) is 0 Å². The lowest BCUT2D eigenvalue weighted by Crippen LogP contribution is -2.38. The molecule has 17 heavy (non-hydrogen) atoms. The maximum absolute atomic E-state index is 10.8. The van der Waals surface area contributed by atoms with Crippen molar-refractivity contribution in [1.82, 2.24) is 5.32 Å². The number of rotatable bonds is 5. The lowest BCUT2D eigenvalue weighted by molar-refractivity contribution is 0.0152. The fourth-order valence-electron chi connectivity index (χ4n) is 2.46. The number of aliphatic hydroxyl groups is 1. The van der Waals surface area contributed by atoms with Gasteiger partial charge in [-0.2, -0.15) is 0 Å². The highest BCUT2D eigenvalue weighted by atomic mass is 16.5. The lowest BCUT2D eigenvalue weighted by atomic mass is 9.87. The smallest absolute Gasteiger partial charge is 0.121 e. The molecule has 1 fully saturated rings. The largest absolute Gasteiger partial charge is 0.496 e. The SMILES string of the molecule is CNCC(O)(c1ccc(OC)c(C)c1)C1CC1. The Kier molecular flexibility index (Phi) is 3.40. The number of nitrogens with one attached hydrogen (secondary N) is 1. The van der Waals surface area contributed by atoms with Crippen LogP contribution in [0.4, 0.5) is 0 Å². The highest BCUT2D eigenvalue weighted by Crippen LogP contribution is 2.45. The van der Waals surface area contributed by atoms with Crippen molar-refractivity contribution in [2.24, 2.45) is 5.92 Å². The van der Waals surface area contributed by atoms with E-state index in [1.807, 2.05) is 32.2 Å². The standard InChI is InChI=1S/C14H21NO2/c1-10-8-12(6-7-13(10)17-3)14(16,9-15-2)11-4-5-11/h6-8,11,15-16H,4-5,9H2,1-3H3. The molecule has 0 radical (unpaired) electrons. The Balaban J connectivity index is 2.33. The minimum absolute atomic E-state index is 0.391. The van der Waals surface area contributed by atoms with E-state index >= 15 is 0 Å². The second-order valence-electron chi connectivity index (χ2n) is 4.91. The molecule has 0 amide bonds. The van der Waals surface area contributed by atoms with E-state index in [2.05, 4.69) is 5.32 Å². The molecule has 0 aliphatic heterocycles. The van der Waals surface area contributed by atoms with Gasteiger partial charge in [0.15, 0.2) is 0 Å². The molecule has 2 rings (SSSR count). The van der Waals surface area contributed by atoms with Gasteiger partial charge in [0, 0.05) is 6.54 Å². The first-order chi connectivity index (χ1) is 8.11. The highest BCUT2D eigenvalue weighted by molar-refractivity contribution is 5.39. The van der Waals surface area contributed by atoms with Gasteiger partial charge in [-0.15, -0.1) is 0 Å². The summed E-state index contributed by atoms with van der Waals surface area (Å²) in [5.41, 5.74) is 1.33. The van der Waals surface area contributed by atoms with Gasteiger partial charge in [-0.1, -0.05) is 6.07 Å². The number of ether oxygens (including phenoxy) is 1. The molecule has 0 spiro atoms. The first-order valence-electron chi connectivity index (χ1n) is 6.14. The Labute approximate surface area is 103 Å². The van der Waals surface area contributed by atoms with Crippen molar-refractivity contribution in [2.75, 3.05) is 20.7 Å². The molecule has 1 saturated carbocycles. The average molecular weight is 235 g/mol. The van der Waals surface area contributed by atoms with Crippen LogP contribution in [0.1, 0.15) is 24.0 Å². The summed E-state index contributed by atoms with van der Waals surface area (Å²) < 4.78 is 5.25. The molecule has 3 heteroatoms. The van der Waals surface area contributed by atoms with E-state index < -0.39 is 5.60 Å². The molecular formula is C14H21NO2. The molecule has 94 valence electrons. The summed E-state index contributed by atoms with van der Waals surface area (Å²) in [6.45, 7) is 2.61. The number of likely N-dealkylation sites (N-methyl/N-ethyl adjacent to an activating group) is 1. The summed E-state index contributed by atoms with van der Waals surface area (Å²) in [7, 11) is 3.55. The van der Waals surface area contributed by atoms with E-state index in [1.165, 1.54) is 0 Å². The molecular weight excluding hydrogens is 214 g/mol. The summed E-state index contributed by atoms with van der Waals surface area (Å²) >= 11 is 0. The van der Waals surface area contributed by atoms with Gasteiger partial charge < -0.3 is 15.2 Å². The van der Waals surface area contributed by atoms with E-state index in [9.17, 15) is 5.11 Å². The molecule has 2 N–H and O–H groups in total.